The summed E-state index contributed by atoms with van der Waals surface area (Å²) in [6, 6.07) is 2.13. The average Bonchev–Trinajstić information content (AvgIpc) is 2.84. The first-order valence-corrected chi connectivity index (χ1v) is 7.55. The van der Waals surface area contributed by atoms with Crippen LogP contribution in [0.1, 0.15) is 33.4 Å². The number of anilines is 1. The van der Waals surface area contributed by atoms with Gasteiger partial charge in [-0.3, -0.25) is 0 Å². The summed E-state index contributed by atoms with van der Waals surface area (Å²) in [6.07, 6.45) is 1.73. The maximum atomic E-state index is 6.17. The topological polar surface area (TPSA) is 75.9 Å². The fourth-order valence-corrected chi connectivity index (χ4v) is 2.39. The minimum atomic E-state index is 0.307. The van der Waals surface area contributed by atoms with E-state index in [1.807, 2.05) is 18.4 Å². The Labute approximate surface area is 124 Å². The standard InChI is InChI=1S/C14H21N5S/c1-8(2)10(4)18-14-16-6-5-11(19-14)12(15)13-17-9(3)7-20-13/h5-8,10,17H,15H2,1-4H3,(H,16,18,19)/b13-12+. The van der Waals surface area contributed by atoms with Crippen LogP contribution in [0.2, 0.25) is 0 Å². The molecular formula is C14H21N5S. The van der Waals surface area contributed by atoms with Gasteiger partial charge in [0.2, 0.25) is 5.95 Å². The molecule has 1 aromatic rings. The molecule has 1 unspecified atom stereocenters. The number of allylic oxidation sites excluding steroid dienone is 1. The molecule has 6 heteroatoms. The van der Waals surface area contributed by atoms with Crippen LogP contribution in [-0.2, 0) is 0 Å². The minimum Gasteiger partial charge on any atom is -0.395 e. The molecule has 108 valence electrons. The molecule has 0 bridgehead atoms. The first-order valence-electron chi connectivity index (χ1n) is 6.67. The van der Waals surface area contributed by atoms with Gasteiger partial charge in [-0.15, -0.1) is 0 Å². The summed E-state index contributed by atoms with van der Waals surface area (Å²) < 4.78 is 0. The van der Waals surface area contributed by atoms with E-state index >= 15 is 0 Å². The number of rotatable bonds is 4. The van der Waals surface area contributed by atoms with E-state index in [0.29, 0.717) is 23.6 Å². The van der Waals surface area contributed by atoms with Gasteiger partial charge in [-0.05, 0) is 31.2 Å². The molecule has 2 heterocycles. The molecule has 0 spiro atoms. The van der Waals surface area contributed by atoms with Crippen LogP contribution in [0.5, 0.6) is 0 Å². The van der Waals surface area contributed by atoms with Crippen LogP contribution in [0.15, 0.2) is 28.4 Å². The Morgan fingerprint density at radius 1 is 1.40 bits per heavy atom. The fraction of sp³-hybridized carbons (Fsp3) is 0.429. The van der Waals surface area contributed by atoms with E-state index in [2.05, 4.69) is 41.4 Å². The Balaban J connectivity index is 2.18. The first kappa shape index (κ1) is 14.7. The quantitative estimate of drug-likeness (QED) is 0.792. The third-order valence-electron chi connectivity index (χ3n) is 3.20. The lowest BCUT2D eigenvalue weighted by Gasteiger charge is -2.17. The summed E-state index contributed by atoms with van der Waals surface area (Å²) >= 11 is 1.58. The summed E-state index contributed by atoms with van der Waals surface area (Å²) in [4.78, 5) is 8.73. The smallest absolute Gasteiger partial charge is 0.223 e. The van der Waals surface area contributed by atoms with Gasteiger partial charge in [0.15, 0.2) is 0 Å². The van der Waals surface area contributed by atoms with Crippen molar-refractivity contribution < 1.29 is 0 Å². The van der Waals surface area contributed by atoms with Gasteiger partial charge in [0.05, 0.1) is 11.4 Å². The van der Waals surface area contributed by atoms with E-state index in [1.54, 1.807) is 18.0 Å². The van der Waals surface area contributed by atoms with Crippen molar-refractivity contribution in [2.24, 2.45) is 11.7 Å². The van der Waals surface area contributed by atoms with Gasteiger partial charge in [-0.2, -0.15) is 0 Å². The third-order valence-corrected chi connectivity index (χ3v) is 4.23. The number of nitrogens with zero attached hydrogens (tertiary/aromatic N) is 2. The predicted octanol–water partition coefficient (Wildman–Crippen LogP) is 2.72. The second-order valence-corrected chi connectivity index (χ2v) is 6.11. The van der Waals surface area contributed by atoms with Crippen LogP contribution < -0.4 is 16.4 Å². The van der Waals surface area contributed by atoms with Crippen LogP contribution in [0, 0.1) is 5.92 Å². The molecule has 0 fully saturated rings. The summed E-state index contributed by atoms with van der Waals surface area (Å²) in [7, 11) is 0. The largest absolute Gasteiger partial charge is 0.395 e. The van der Waals surface area contributed by atoms with Gasteiger partial charge >= 0.3 is 0 Å². The van der Waals surface area contributed by atoms with Gasteiger partial charge in [0.25, 0.3) is 0 Å². The molecule has 0 saturated heterocycles. The molecule has 0 aromatic carbocycles. The summed E-state index contributed by atoms with van der Waals surface area (Å²) in [5.74, 6) is 1.12. The second kappa shape index (κ2) is 6.17. The third kappa shape index (κ3) is 3.45. The highest BCUT2D eigenvalue weighted by Crippen LogP contribution is 2.28. The number of thioether (sulfide) groups is 1. The van der Waals surface area contributed by atoms with E-state index in [-0.39, 0.29) is 0 Å². The fourth-order valence-electron chi connectivity index (χ4n) is 1.58. The molecule has 1 aliphatic rings. The Hall–Kier alpha value is -1.69. The number of aromatic nitrogens is 2. The molecule has 2 rings (SSSR count). The monoisotopic (exact) mass is 291 g/mol. The first-order chi connectivity index (χ1) is 9.47. The van der Waals surface area contributed by atoms with E-state index in [1.165, 1.54) is 0 Å². The molecule has 1 aromatic heterocycles. The molecule has 1 aliphatic heterocycles. The molecule has 1 atom stereocenters. The predicted molar refractivity (Wildman–Crippen MR) is 85.5 cm³/mol. The highest BCUT2D eigenvalue weighted by atomic mass is 32.2. The Morgan fingerprint density at radius 2 is 2.15 bits per heavy atom. The molecule has 5 nitrogen and oxygen atoms in total. The SMILES string of the molecule is CC1=CS/C(=C(/N)c2ccnc(NC(C)C(C)C)n2)N1. The van der Waals surface area contributed by atoms with Crippen molar-refractivity contribution in [1.29, 1.82) is 0 Å². The minimum absolute atomic E-state index is 0.307. The summed E-state index contributed by atoms with van der Waals surface area (Å²) in [6.45, 7) is 8.44. The van der Waals surface area contributed by atoms with Crippen molar-refractivity contribution in [2.45, 2.75) is 33.7 Å². The zero-order valence-corrected chi connectivity index (χ0v) is 13.1. The average molecular weight is 291 g/mol. The lowest BCUT2D eigenvalue weighted by atomic mass is 10.1. The molecule has 0 saturated carbocycles. The summed E-state index contributed by atoms with van der Waals surface area (Å²) in [5, 5.41) is 9.48. The maximum Gasteiger partial charge on any atom is 0.223 e. The van der Waals surface area contributed by atoms with Gasteiger partial charge in [-0.1, -0.05) is 25.6 Å². The zero-order chi connectivity index (χ0) is 14.7. The highest BCUT2D eigenvalue weighted by molar-refractivity contribution is 8.06. The van der Waals surface area contributed by atoms with Crippen molar-refractivity contribution in [3.05, 3.63) is 34.1 Å². The molecule has 20 heavy (non-hydrogen) atoms. The van der Waals surface area contributed by atoms with Crippen LogP contribution in [0.4, 0.5) is 5.95 Å². The Morgan fingerprint density at radius 3 is 2.75 bits per heavy atom. The molecule has 0 amide bonds. The molecule has 4 N–H and O–H groups in total. The van der Waals surface area contributed by atoms with E-state index in [4.69, 9.17) is 5.73 Å². The molecular weight excluding hydrogens is 270 g/mol. The second-order valence-electron chi connectivity index (χ2n) is 5.23. The van der Waals surface area contributed by atoms with Crippen LogP contribution in [0.25, 0.3) is 5.70 Å². The maximum absolute atomic E-state index is 6.17. The lowest BCUT2D eigenvalue weighted by Crippen LogP contribution is -2.23. The van der Waals surface area contributed by atoms with Gasteiger partial charge in [0, 0.05) is 17.9 Å². The number of hydrogen-bond donors (Lipinski definition) is 3. The molecule has 0 radical (unpaired) electrons. The zero-order valence-electron chi connectivity index (χ0n) is 12.3. The number of nitrogens with two attached hydrogens (primary N) is 1. The van der Waals surface area contributed by atoms with Gasteiger partial charge < -0.3 is 16.4 Å². The van der Waals surface area contributed by atoms with E-state index in [9.17, 15) is 0 Å². The highest BCUT2D eigenvalue weighted by Gasteiger charge is 2.14. The lowest BCUT2D eigenvalue weighted by molar-refractivity contribution is 0.556. The number of hydrogen-bond acceptors (Lipinski definition) is 6. The van der Waals surface area contributed by atoms with Crippen LogP contribution in [0.3, 0.4) is 0 Å². The van der Waals surface area contributed by atoms with E-state index in [0.717, 1.165) is 16.4 Å². The Kier molecular flexibility index (Phi) is 4.54. The Bertz CT molecular complexity index is 550. The van der Waals surface area contributed by atoms with Crippen molar-refractivity contribution >= 4 is 23.4 Å². The normalized spacial score (nSPS) is 18.6. The van der Waals surface area contributed by atoms with Crippen molar-refractivity contribution in [3.8, 4) is 0 Å². The van der Waals surface area contributed by atoms with Gasteiger partial charge in [0.1, 0.15) is 5.03 Å². The van der Waals surface area contributed by atoms with Crippen molar-refractivity contribution in [2.75, 3.05) is 5.32 Å². The van der Waals surface area contributed by atoms with Crippen molar-refractivity contribution in [1.82, 2.24) is 15.3 Å². The van der Waals surface area contributed by atoms with Crippen LogP contribution in [-0.4, -0.2) is 16.0 Å². The summed E-state index contributed by atoms with van der Waals surface area (Å²) in [5.41, 5.74) is 8.64. The van der Waals surface area contributed by atoms with Crippen LogP contribution >= 0.6 is 11.8 Å². The number of nitrogens with one attached hydrogen (secondary N) is 2. The van der Waals surface area contributed by atoms with E-state index < -0.39 is 0 Å². The van der Waals surface area contributed by atoms with Crippen molar-refractivity contribution in [3.63, 3.8) is 0 Å². The molecule has 0 aliphatic carbocycles. The van der Waals surface area contributed by atoms with Gasteiger partial charge in [-0.25, -0.2) is 9.97 Å².